The van der Waals surface area contributed by atoms with Crippen LogP contribution in [0, 0.1) is 0 Å². The fourth-order valence-corrected chi connectivity index (χ4v) is 12.4. The van der Waals surface area contributed by atoms with Crippen LogP contribution in [0.2, 0.25) is 28.2 Å². The zero-order valence-corrected chi connectivity index (χ0v) is 28.9. The second-order valence-corrected chi connectivity index (χ2v) is 24.7. The molecule has 0 amide bonds. The van der Waals surface area contributed by atoms with Crippen LogP contribution in [0.4, 0.5) is 5.82 Å². The Morgan fingerprint density at radius 1 is 1.05 bits per heavy atom. The van der Waals surface area contributed by atoms with Gasteiger partial charge in [0.1, 0.15) is 24.6 Å². The van der Waals surface area contributed by atoms with E-state index >= 15 is 0 Å². The molecule has 2 aliphatic heterocycles. The Labute approximate surface area is 238 Å². The van der Waals surface area contributed by atoms with E-state index in [9.17, 15) is 0 Å². The Bertz CT molecular complexity index is 1170. The summed E-state index contributed by atoms with van der Waals surface area (Å²) in [5, 5.41) is -0.282. The van der Waals surface area contributed by atoms with Crippen molar-refractivity contribution < 1.29 is 18.0 Å². The molecular weight excluding hydrogens is 582 g/mol. The fourth-order valence-electron chi connectivity index (χ4n) is 5.59. The molecule has 2 saturated heterocycles. The van der Waals surface area contributed by atoms with E-state index in [1.807, 2.05) is 23.6 Å². The van der Waals surface area contributed by atoms with E-state index < -0.39 is 23.1 Å². The standard InChI is InChI=1S/C26H46BrN5O4Si2/c1-24(2,3)37(12,13)35-19-18-16(14-33-38(36-18,25(4,5)6)26(7,8)9)34-22(19)32-21-17(30-23(32)27)20(31(10)11)28-15-29-21/h15-16,18-19,22H,14H2,1-13H3/t16-,18-,19-,22-/m1/s1. The molecule has 214 valence electrons. The van der Waals surface area contributed by atoms with E-state index in [0.29, 0.717) is 22.5 Å². The highest BCUT2D eigenvalue weighted by Crippen LogP contribution is 2.57. The Kier molecular flexibility index (Phi) is 7.59. The molecule has 2 aliphatic rings. The summed E-state index contributed by atoms with van der Waals surface area (Å²) in [4.78, 5) is 15.8. The van der Waals surface area contributed by atoms with Crippen molar-refractivity contribution in [2.24, 2.45) is 0 Å². The van der Waals surface area contributed by atoms with E-state index in [0.717, 1.165) is 5.82 Å². The van der Waals surface area contributed by atoms with Gasteiger partial charge in [0.25, 0.3) is 0 Å². The zero-order chi connectivity index (χ0) is 28.6. The van der Waals surface area contributed by atoms with Crippen molar-refractivity contribution in [3.8, 4) is 0 Å². The van der Waals surface area contributed by atoms with Gasteiger partial charge in [0, 0.05) is 24.2 Å². The van der Waals surface area contributed by atoms with Crippen molar-refractivity contribution in [1.82, 2.24) is 19.5 Å². The molecular formula is C26H46BrN5O4Si2. The quantitative estimate of drug-likeness (QED) is 0.284. The minimum atomic E-state index is -2.75. The van der Waals surface area contributed by atoms with Gasteiger partial charge in [-0.3, -0.25) is 4.57 Å². The number of nitrogens with zero attached hydrogens (tertiary/aromatic N) is 5. The molecule has 2 aromatic rings. The van der Waals surface area contributed by atoms with Crippen molar-refractivity contribution in [3.05, 3.63) is 11.1 Å². The summed E-state index contributed by atoms with van der Waals surface area (Å²) in [5.74, 6) is 0.748. The largest absolute Gasteiger partial charge is 0.407 e. The van der Waals surface area contributed by atoms with Crippen molar-refractivity contribution >= 4 is 49.8 Å². The highest BCUT2D eigenvalue weighted by Gasteiger charge is 2.66. The van der Waals surface area contributed by atoms with Gasteiger partial charge in [-0.15, -0.1) is 0 Å². The van der Waals surface area contributed by atoms with E-state index in [2.05, 4.69) is 101 Å². The molecule has 4 heterocycles. The van der Waals surface area contributed by atoms with Crippen molar-refractivity contribution in [2.45, 2.75) is 115 Å². The Hall–Kier alpha value is -0.896. The van der Waals surface area contributed by atoms with Gasteiger partial charge in [-0.1, -0.05) is 62.3 Å². The van der Waals surface area contributed by atoms with Crippen LogP contribution in [-0.2, 0) is 18.0 Å². The number of rotatable bonds is 4. The fraction of sp³-hybridized carbons (Fsp3) is 0.808. The van der Waals surface area contributed by atoms with Crippen molar-refractivity contribution in [2.75, 3.05) is 25.6 Å². The van der Waals surface area contributed by atoms with Crippen molar-refractivity contribution in [3.63, 3.8) is 0 Å². The summed E-state index contributed by atoms with van der Waals surface area (Å²) < 4.78 is 30.6. The smallest absolute Gasteiger partial charge is 0.349 e. The zero-order valence-electron chi connectivity index (χ0n) is 25.3. The first kappa shape index (κ1) is 30.1. The SMILES string of the molecule is CN(C)c1ncnc2c1nc(Br)n2[C@@H]1O[C@@H]2CO[Si](C(C)(C)C)(C(C)(C)C)O[C@H]2[C@H]1O[Si](C)(C)C(C)(C)C. The maximum Gasteiger partial charge on any atom is 0.349 e. The molecule has 38 heavy (non-hydrogen) atoms. The normalized spacial score (nSPS) is 26.6. The number of halogens is 1. The molecule has 4 atom stereocenters. The van der Waals surface area contributed by atoms with E-state index in [1.165, 1.54) is 0 Å². The third-order valence-corrected chi connectivity index (χ3v) is 18.5. The topological polar surface area (TPSA) is 83.8 Å². The lowest BCUT2D eigenvalue weighted by Crippen LogP contribution is -2.66. The predicted octanol–water partition coefficient (Wildman–Crippen LogP) is 6.40. The molecule has 2 fully saturated rings. The minimum Gasteiger partial charge on any atom is -0.407 e. The molecule has 0 unspecified atom stereocenters. The van der Waals surface area contributed by atoms with E-state index in [1.54, 1.807) is 6.33 Å². The Morgan fingerprint density at radius 3 is 2.18 bits per heavy atom. The maximum atomic E-state index is 7.24. The second kappa shape index (κ2) is 9.59. The van der Waals surface area contributed by atoms with Gasteiger partial charge in [-0.2, -0.15) is 0 Å². The van der Waals surface area contributed by atoms with Gasteiger partial charge in [0.2, 0.25) is 0 Å². The number of imidazole rings is 1. The van der Waals surface area contributed by atoms with Gasteiger partial charge in [-0.05, 0) is 34.1 Å². The van der Waals surface area contributed by atoms with Crippen LogP contribution in [0.1, 0.15) is 68.5 Å². The molecule has 0 aliphatic carbocycles. The molecule has 0 aromatic carbocycles. The molecule has 4 rings (SSSR count). The Balaban J connectivity index is 1.87. The van der Waals surface area contributed by atoms with Gasteiger partial charge < -0.3 is 22.9 Å². The molecule has 9 nitrogen and oxygen atoms in total. The second-order valence-electron chi connectivity index (χ2n) is 14.4. The molecule has 0 spiro atoms. The minimum absolute atomic E-state index is 0.0118. The lowest BCUT2D eigenvalue weighted by molar-refractivity contribution is -0.0798. The van der Waals surface area contributed by atoms with Gasteiger partial charge >= 0.3 is 8.56 Å². The first-order valence-electron chi connectivity index (χ1n) is 13.4. The van der Waals surface area contributed by atoms with Crippen LogP contribution in [-0.4, -0.2) is 75.4 Å². The molecule has 0 radical (unpaired) electrons. The Morgan fingerprint density at radius 2 is 1.66 bits per heavy atom. The molecule has 0 saturated carbocycles. The average Bonchev–Trinajstić information content (AvgIpc) is 3.26. The number of fused-ring (bicyclic) bond motifs is 2. The first-order valence-corrected chi connectivity index (χ1v) is 18.9. The highest BCUT2D eigenvalue weighted by atomic mass is 79.9. The summed E-state index contributed by atoms with van der Waals surface area (Å²) in [6.07, 6.45) is 0.196. The number of hydrogen-bond donors (Lipinski definition) is 0. The van der Waals surface area contributed by atoms with Gasteiger partial charge in [-0.25, -0.2) is 15.0 Å². The summed E-state index contributed by atoms with van der Waals surface area (Å²) >= 11 is 3.71. The summed E-state index contributed by atoms with van der Waals surface area (Å²) in [6, 6.07) is 0. The van der Waals surface area contributed by atoms with Crippen LogP contribution in [0.15, 0.2) is 11.1 Å². The van der Waals surface area contributed by atoms with Gasteiger partial charge in [0.15, 0.2) is 36.3 Å². The summed E-state index contributed by atoms with van der Waals surface area (Å²) in [5.41, 5.74) is 1.40. The number of aromatic nitrogens is 4. The van der Waals surface area contributed by atoms with Crippen LogP contribution < -0.4 is 4.90 Å². The van der Waals surface area contributed by atoms with Crippen LogP contribution in [0.3, 0.4) is 0 Å². The molecule has 0 bridgehead atoms. The van der Waals surface area contributed by atoms with Crippen LogP contribution >= 0.6 is 15.9 Å². The number of hydrogen-bond acceptors (Lipinski definition) is 8. The maximum absolute atomic E-state index is 7.24. The molecule has 2 aromatic heterocycles. The van der Waals surface area contributed by atoms with Gasteiger partial charge in [0.05, 0.1) is 6.61 Å². The summed E-state index contributed by atoms with van der Waals surface area (Å²) in [6.45, 7) is 25.2. The lowest BCUT2D eigenvalue weighted by Gasteiger charge is -2.54. The number of anilines is 1. The van der Waals surface area contributed by atoms with Crippen LogP contribution in [0.25, 0.3) is 11.2 Å². The number of ether oxygens (including phenoxy) is 1. The average molecular weight is 629 g/mol. The van der Waals surface area contributed by atoms with Crippen LogP contribution in [0.5, 0.6) is 0 Å². The first-order chi connectivity index (χ1) is 17.2. The molecule has 0 N–H and O–H groups in total. The van der Waals surface area contributed by atoms with E-state index in [4.69, 9.17) is 23.0 Å². The lowest BCUT2D eigenvalue weighted by atomic mass is 10.1. The molecule has 12 heteroatoms. The highest BCUT2D eigenvalue weighted by molar-refractivity contribution is 9.10. The van der Waals surface area contributed by atoms with E-state index in [-0.39, 0.29) is 33.4 Å². The summed E-state index contributed by atoms with van der Waals surface area (Å²) in [7, 11) is -1.08. The third kappa shape index (κ3) is 4.81. The third-order valence-electron chi connectivity index (χ3n) is 8.34. The monoisotopic (exact) mass is 627 g/mol. The van der Waals surface area contributed by atoms with Crippen molar-refractivity contribution in [1.29, 1.82) is 0 Å². The predicted molar refractivity (Wildman–Crippen MR) is 159 cm³/mol.